The van der Waals surface area contributed by atoms with Crippen LogP contribution in [-0.2, 0) is 18.5 Å². The van der Waals surface area contributed by atoms with Crippen molar-refractivity contribution in [3.8, 4) is 34.1 Å². The number of allylic oxidation sites excluding steroid dienone is 1. The van der Waals surface area contributed by atoms with E-state index < -0.39 is 81.4 Å². The summed E-state index contributed by atoms with van der Waals surface area (Å²) in [6.07, 6.45) is 15.5. The Morgan fingerprint density at radius 3 is 1.55 bits per heavy atom. The zero-order chi connectivity index (χ0) is 63.6. The minimum atomic E-state index is -4.01. The van der Waals surface area contributed by atoms with Crippen LogP contribution in [0.3, 0.4) is 0 Å². The molecule has 16 heteroatoms. The van der Waals surface area contributed by atoms with Crippen molar-refractivity contribution >= 4 is 0 Å². The van der Waals surface area contributed by atoms with Crippen molar-refractivity contribution < 1.29 is 75.9 Å². The minimum Gasteiger partial charge on any atom is -0.494 e. The largest absolute Gasteiger partial charge is 0.494 e. The van der Waals surface area contributed by atoms with E-state index in [-0.39, 0.29) is 50.9 Å². The van der Waals surface area contributed by atoms with Gasteiger partial charge in [-0.15, -0.1) is 6.58 Å². The molecule has 0 saturated heterocycles. The summed E-state index contributed by atoms with van der Waals surface area (Å²) in [5, 5.41) is 0. The molecule has 11 rings (SSSR count). The van der Waals surface area contributed by atoms with Gasteiger partial charge in [-0.05, 0) is 209 Å². The number of rotatable bonds is 12. The third-order valence-electron chi connectivity index (χ3n) is 19.2. The smallest absolute Gasteiger partial charge is 0.429 e. The van der Waals surface area contributed by atoms with Crippen molar-refractivity contribution in [1.29, 1.82) is 0 Å². The summed E-state index contributed by atoms with van der Waals surface area (Å²) in [6.45, 7) is 10.2. The van der Waals surface area contributed by atoms with Crippen molar-refractivity contribution in [1.82, 2.24) is 0 Å². The highest BCUT2D eigenvalue weighted by Gasteiger charge is 2.54. The van der Waals surface area contributed by atoms with Crippen LogP contribution in [0.25, 0.3) is 11.1 Å². The van der Waals surface area contributed by atoms with Gasteiger partial charge in [-0.3, -0.25) is 0 Å². The topological polar surface area (TPSA) is 36.9 Å². The molecule has 0 aromatic heterocycles. The molecular weight excluding hydrogens is 1160 g/mol. The summed E-state index contributed by atoms with van der Waals surface area (Å²) in [5.74, 6) is -9.80. The van der Waals surface area contributed by atoms with Crippen LogP contribution in [0.2, 0.25) is 0 Å². The molecule has 4 fully saturated rings. The van der Waals surface area contributed by atoms with Gasteiger partial charge in [-0.25, -0.2) is 30.7 Å². The highest BCUT2D eigenvalue weighted by molar-refractivity contribution is 5.65. The van der Waals surface area contributed by atoms with Gasteiger partial charge in [-0.2, -0.15) is 22.0 Å². The molecule has 1 unspecified atom stereocenters. The molecule has 0 spiro atoms. The van der Waals surface area contributed by atoms with Crippen molar-refractivity contribution in [3.05, 3.63) is 190 Å². The third-order valence-corrected chi connectivity index (χ3v) is 19.2. The van der Waals surface area contributed by atoms with Crippen molar-refractivity contribution in [3.63, 3.8) is 0 Å². The second kappa shape index (κ2) is 29.8. The van der Waals surface area contributed by atoms with Crippen LogP contribution in [0.5, 0.6) is 23.0 Å². The SMILES string of the molecule is C=CC1CCC(C2CCC(c3ccc(OC)c(F)c3F)CC2)CC1.CC1CCC(C2Cc3ccc(F)c(F)c3C2(F)F)CC1.COc1ccc(-c2ccc(C)cc2)c(F)c1F.COc1ccc(C(F)(F)Oc2ccc(C3CCC(C)CC3)cc2)c(F)c1F.[HH].[HH].[HH]. The Balaban J connectivity index is 0.000000221. The van der Waals surface area contributed by atoms with Crippen molar-refractivity contribution in [2.45, 2.75) is 154 Å². The molecule has 5 aliphatic rings. The summed E-state index contributed by atoms with van der Waals surface area (Å²) >= 11 is 0. The number of hydrogen-bond donors (Lipinski definition) is 0. The normalized spacial score (nSPS) is 24.0. The maximum Gasteiger partial charge on any atom is 0.429 e. The Morgan fingerprint density at radius 1 is 0.500 bits per heavy atom. The molecule has 5 aliphatic carbocycles. The number of fused-ring (bicyclic) bond motifs is 1. The molecule has 0 aliphatic heterocycles. The Bertz CT molecular complexity index is 3280. The first-order chi connectivity index (χ1) is 42.0. The standard InChI is InChI=1S/C21H22F4O2.C21H28F2O.C16H18F4.C14H12F2O.3H2/c1-13-3-5-14(6-4-13)15-7-9-16(10-8-15)27-21(24,25)17-11-12-18(26-2)20(23)19(17)22;1-3-14-4-6-15(7-5-14)16-8-10-17(11-9-16)18-12-13-19(24-2)21(23)20(18)22;1-9-2-4-10(5-3-9)12-8-11-6-7-13(17)15(18)14(11)16(12,19)20;1-9-3-5-10(6-4-9)11-7-8-12(17-2)14(16)13(11)15;;;/h7-14H,3-6H2,1-2H3;3,12-17H,1,4-11H2,2H3;6-7,9-10,12H,2-5,8H2,1H3;3-8H,1-2H3;3*1H. The predicted molar refractivity (Wildman–Crippen MR) is 325 cm³/mol. The summed E-state index contributed by atoms with van der Waals surface area (Å²) in [7, 11) is 3.80. The van der Waals surface area contributed by atoms with Crippen LogP contribution in [0, 0.1) is 94.9 Å². The fraction of sp³-hybridized carbons (Fsp3) is 0.472. The molecule has 6 aromatic rings. The molecule has 482 valence electrons. The lowest BCUT2D eigenvalue weighted by molar-refractivity contribution is -0.187. The van der Waals surface area contributed by atoms with Gasteiger partial charge in [0.15, 0.2) is 46.3 Å². The Morgan fingerprint density at radius 2 is 0.989 bits per heavy atom. The molecule has 6 aromatic carbocycles. The van der Waals surface area contributed by atoms with Gasteiger partial charge in [0, 0.05) is 15.8 Å². The molecule has 0 amide bonds. The van der Waals surface area contributed by atoms with E-state index in [0.29, 0.717) is 28.9 Å². The average molecular weight is 1240 g/mol. The lowest BCUT2D eigenvalue weighted by Crippen LogP contribution is -2.31. The minimum absolute atomic E-state index is 0. The van der Waals surface area contributed by atoms with Gasteiger partial charge in [0.25, 0.3) is 5.92 Å². The van der Waals surface area contributed by atoms with Gasteiger partial charge in [0.05, 0.1) is 26.9 Å². The molecule has 0 heterocycles. The number of aryl methyl sites for hydroxylation is 1. The molecule has 0 radical (unpaired) electrons. The lowest BCUT2D eigenvalue weighted by Gasteiger charge is -2.37. The molecule has 4 nitrogen and oxygen atoms in total. The van der Waals surface area contributed by atoms with E-state index in [0.717, 1.165) is 131 Å². The number of benzene rings is 6. The van der Waals surface area contributed by atoms with Gasteiger partial charge < -0.3 is 18.9 Å². The molecular formula is C72H86F12O4. The summed E-state index contributed by atoms with van der Waals surface area (Å²) in [6, 6.07) is 23.8. The van der Waals surface area contributed by atoms with Gasteiger partial charge in [0.2, 0.25) is 17.5 Å². The van der Waals surface area contributed by atoms with E-state index in [1.165, 1.54) is 70.2 Å². The average Bonchev–Trinajstić information content (AvgIpc) is 1.64. The van der Waals surface area contributed by atoms with Crippen LogP contribution in [0.15, 0.2) is 110 Å². The Labute approximate surface area is 514 Å². The number of ether oxygens (including phenoxy) is 4. The number of methoxy groups -OCH3 is 3. The van der Waals surface area contributed by atoms with Crippen LogP contribution in [-0.4, -0.2) is 21.3 Å². The Kier molecular flexibility index (Phi) is 22.8. The first-order valence-corrected chi connectivity index (χ1v) is 30.8. The van der Waals surface area contributed by atoms with Crippen LogP contribution in [0.4, 0.5) is 52.7 Å². The molecule has 88 heavy (non-hydrogen) atoms. The van der Waals surface area contributed by atoms with Gasteiger partial charge in [0.1, 0.15) is 11.3 Å². The van der Waals surface area contributed by atoms with Crippen molar-refractivity contribution in [2.75, 3.05) is 21.3 Å². The molecule has 0 bridgehead atoms. The summed E-state index contributed by atoms with van der Waals surface area (Å²) < 4.78 is 187. The van der Waals surface area contributed by atoms with Crippen molar-refractivity contribution in [2.24, 2.45) is 41.4 Å². The second-order valence-corrected chi connectivity index (χ2v) is 24.8. The van der Waals surface area contributed by atoms with Gasteiger partial charge >= 0.3 is 6.11 Å². The van der Waals surface area contributed by atoms with E-state index in [4.69, 9.17) is 9.47 Å². The van der Waals surface area contributed by atoms with E-state index in [2.05, 4.69) is 36.0 Å². The van der Waals surface area contributed by atoms with E-state index in [1.54, 1.807) is 36.4 Å². The lowest BCUT2D eigenvalue weighted by atomic mass is 9.68. The highest BCUT2D eigenvalue weighted by atomic mass is 19.3. The number of halogens is 12. The second-order valence-electron chi connectivity index (χ2n) is 24.8. The zero-order valence-corrected chi connectivity index (χ0v) is 50.9. The van der Waals surface area contributed by atoms with E-state index in [9.17, 15) is 52.7 Å². The first-order valence-electron chi connectivity index (χ1n) is 30.8. The van der Waals surface area contributed by atoms with Gasteiger partial charge in [-0.1, -0.05) is 99.7 Å². The fourth-order valence-corrected chi connectivity index (χ4v) is 13.8. The first kappa shape index (κ1) is 67.4. The number of hydrogen-bond acceptors (Lipinski definition) is 4. The maximum absolute atomic E-state index is 14.5. The van der Waals surface area contributed by atoms with E-state index >= 15 is 0 Å². The maximum atomic E-state index is 14.5. The predicted octanol–water partition coefficient (Wildman–Crippen LogP) is 22.4. The zero-order valence-electron chi connectivity index (χ0n) is 50.9. The highest BCUT2D eigenvalue weighted by Crippen LogP contribution is 2.54. The quantitative estimate of drug-likeness (QED) is 0.0904. The molecule has 1 atom stereocenters. The van der Waals surface area contributed by atoms with E-state index in [1.807, 2.05) is 19.1 Å². The molecule has 0 N–H and O–H groups in total. The molecule has 4 saturated carbocycles. The Hall–Kier alpha value is -6.58. The van der Waals surface area contributed by atoms with Crippen LogP contribution < -0.4 is 18.9 Å². The van der Waals surface area contributed by atoms with Crippen LogP contribution >= 0.6 is 0 Å². The van der Waals surface area contributed by atoms with Crippen LogP contribution in [0.1, 0.15) is 166 Å². The third kappa shape index (κ3) is 15.7. The number of alkyl halides is 4. The summed E-state index contributed by atoms with van der Waals surface area (Å²) in [5.41, 5.74) is 1.98. The monoisotopic (exact) mass is 1240 g/mol. The summed E-state index contributed by atoms with van der Waals surface area (Å²) in [4.78, 5) is 0. The fourth-order valence-electron chi connectivity index (χ4n) is 13.8.